The summed E-state index contributed by atoms with van der Waals surface area (Å²) in [6.07, 6.45) is 2.11. The van der Waals surface area contributed by atoms with E-state index in [-0.39, 0.29) is 5.91 Å². The minimum absolute atomic E-state index is 0.120. The molecule has 0 saturated heterocycles. The topological polar surface area (TPSA) is 81.6 Å². The Hall–Kier alpha value is -1.83. The van der Waals surface area contributed by atoms with Crippen molar-refractivity contribution in [2.75, 3.05) is 5.32 Å². The Bertz CT molecular complexity index is 400. The minimum Gasteiger partial charge on any atom is -0.310 e. The molecule has 0 aliphatic carbocycles. The molecule has 1 aromatic heterocycles. The van der Waals surface area contributed by atoms with E-state index < -0.39 is 5.41 Å². The standard InChI is InChI=1S/C10H14N4O/c1-4-10(2,3)9(15)13-8-7(5-11)6-12-14-8/h6H,4H2,1-3H3,(H2,12,13,14,15). The third kappa shape index (κ3) is 2.34. The fourth-order valence-corrected chi connectivity index (χ4v) is 0.909. The highest BCUT2D eigenvalue weighted by atomic mass is 16.2. The number of hydrogen-bond donors (Lipinski definition) is 2. The second kappa shape index (κ2) is 4.13. The molecule has 0 atom stereocenters. The van der Waals surface area contributed by atoms with E-state index in [2.05, 4.69) is 15.5 Å². The van der Waals surface area contributed by atoms with Crippen LogP contribution in [0, 0.1) is 16.7 Å². The van der Waals surface area contributed by atoms with Crippen molar-refractivity contribution in [3.63, 3.8) is 0 Å². The number of carbonyl (C=O) groups excluding carboxylic acids is 1. The monoisotopic (exact) mass is 206 g/mol. The van der Waals surface area contributed by atoms with Crippen LogP contribution in [0.1, 0.15) is 32.8 Å². The van der Waals surface area contributed by atoms with Crippen LogP contribution in [0.3, 0.4) is 0 Å². The first-order chi connectivity index (χ1) is 7.01. The van der Waals surface area contributed by atoms with Crippen molar-refractivity contribution in [1.82, 2.24) is 10.2 Å². The lowest BCUT2D eigenvalue weighted by atomic mass is 9.89. The lowest BCUT2D eigenvalue weighted by molar-refractivity contribution is -0.124. The van der Waals surface area contributed by atoms with E-state index in [4.69, 9.17) is 5.26 Å². The smallest absolute Gasteiger partial charge is 0.231 e. The second-order valence-electron chi connectivity index (χ2n) is 3.96. The van der Waals surface area contributed by atoms with Gasteiger partial charge in [-0.1, -0.05) is 20.8 Å². The summed E-state index contributed by atoms with van der Waals surface area (Å²) in [6, 6.07) is 1.94. The average Bonchev–Trinajstić information content (AvgIpc) is 2.65. The molecule has 0 saturated carbocycles. The number of anilines is 1. The Kier molecular flexibility index (Phi) is 3.10. The first-order valence-corrected chi connectivity index (χ1v) is 4.76. The first-order valence-electron chi connectivity index (χ1n) is 4.76. The van der Waals surface area contributed by atoms with E-state index in [1.165, 1.54) is 6.20 Å². The fraction of sp³-hybridized carbons (Fsp3) is 0.500. The van der Waals surface area contributed by atoms with Crippen molar-refractivity contribution in [2.45, 2.75) is 27.2 Å². The molecule has 5 nitrogen and oxygen atoms in total. The molecule has 0 aliphatic rings. The van der Waals surface area contributed by atoms with Crippen LogP contribution >= 0.6 is 0 Å². The predicted molar refractivity (Wildman–Crippen MR) is 56.0 cm³/mol. The minimum atomic E-state index is -0.447. The maximum Gasteiger partial charge on any atom is 0.231 e. The van der Waals surface area contributed by atoms with Gasteiger partial charge in [0.1, 0.15) is 17.5 Å². The van der Waals surface area contributed by atoms with Gasteiger partial charge in [-0.25, -0.2) is 0 Å². The van der Waals surface area contributed by atoms with Crippen LogP contribution in [-0.4, -0.2) is 16.1 Å². The molecule has 0 spiro atoms. The maximum atomic E-state index is 11.8. The average molecular weight is 206 g/mol. The predicted octanol–water partition coefficient (Wildman–Crippen LogP) is 1.66. The van der Waals surface area contributed by atoms with Gasteiger partial charge in [0.25, 0.3) is 0 Å². The molecule has 0 unspecified atom stereocenters. The zero-order valence-electron chi connectivity index (χ0n) is 9.09. The Morgan fingerprint density at radius 3 is 2.93 bits per heavy atom. The molecular weight excluding hydrogens is 192 g/mol. The van der Waals surface area contributed by atoms with E-state index in [9.17, 15) is 4.79 Å². The van der Waals surface area contributed by atoms with E-state index in [1.54, 1.807) is 0 Å². The van der Waals surface area contributed by atoms with Gasteiger partial charge in [-0.05, 0) is 6.42 Å². The summed E-state index contributed by atoms with van der Waals surface area (Å²) in [4.78, 5) is 11.8. The quantitative estimate of drug-likeness (QED) is 0.789. The van der Waals surface area contributed by atoms with E-state index in [0.717, 1.165) is 6.42 Å². The van der Waals surface area contributed by atoms with Gasteiger partial charge >= 0.3 is 0 Å². The SMILES string of the molecule is CCC(C)(C)C(=O)Nc1[nH]ncc1C#N. The zero-order chi connectivity index (χ0) is 11.5. The summed E-state index contributed by atoms with van der Waals surface area (Å²) in [5.74, 6) is 0.245. The summed E-state index contributed by atoms with van der Waals surface area (Å²) < 4.78 is 0. The van der Waals surface area contributed by atoms with Gasteiger partial charge in [0.05, 0.1) is 6.20 Å². The van der Waals surface area contributed by atoms with Crippen molar-refractivity contribution in [2.24, 2.45) is 5.41 Å². The Balaban J connectivity index is 2.80. The third-order valence-electron chi connectivity index (χ3n) is 2.50. The van der Waals surface area contributed by atoms with Crippen LogP contribution in [0.2, 0.25) is 0 Å². The normalized spacial score (nSPS) is 10.8. The molecule has 1 amide bonds. The zero-order valence-corrected chi connectivity index (χ0v) is 9.09. The van der Waals surface area contributed by atoms with Crippen LogP contribution in [0.5, 0.6) is 0 Å². The second-order valence-corrected chi connectivity index (χ2v) is 3.96. The van der Waals surface area contributed by atoms with Crippen molar-refractivity contribution in [3.05, 3.63) is 11.8 Å². The molecule has 2 N–H and O–H groups in total. The van der Waals surface area contributed by atoms with Gasteiger partial charge in [0, 0.05) is 5.41 Å². The molecule has 0 radical (unpaired) electrons. The summed E-state index contributed by atoms with van der Waals surface area (Å²) in [7, 11) is 0. The van der Waals surface area contributed by atoms with Crippen molar-refractivity contribution >= 4 is 11.7 Å². The largest absolute Gasteiger partial charge is 0.310 e. The van der Waals surface area contributed by atoms with Crippen LogP contribution in [-0.2, 0) is 4.79 Å². The van der Waals surface area contributed by atoms with Crippen LogP contribution < -0.4 is 5.32 Å². The number of H-pyrrole nitrogens is 1. The van der Waals surface area contributed by atoms with Crippen molar-refractivity contribution < 1.29 is 4.79 Å². The van der Waals surface area contributed by atoms with Gasteiger partial charge < -0.3 is 5.32 Å². The number of nitrogens with zero attached hydrogens (tertiary/aromatic N) is 2. The van der Waals surface area contributed by atoms with E-state index >= 15 is 0 Å². The number of aromatic nitrogens is 2. The molecule has 15 heavy (non-hydrogen) atoms. The number of nitrogens with one attached hydrogen (secondary N) is 2. The summed E-state index contributed by atoms with van der Waals surface area (Å²) in [6.45, 7) is 5.65. The molecule has 1 rings (SSSR count). The lowest BCUT2D eigenvalue weighted by Gasteiger charge is -2.20. The number of aromatic amines is 1. The Labute approximate surface area is 88.5 Å². The molecule has 5 heteroatoms. The fourth-order valence-electron chi connectivity index (χ4n) is 0.909. The highest BCUT2D eigenvalue weighted by Gasteiger charge is 2.26. The Morgan fingerprint density at radius 1 is 1.73 bits per heavy atom. The molecule has 0 aromatic carbocycles. The van der Waals surface area contributed by atoms with Crippen molar-refractivity contribution in [3.8, 4) is 6.07 Å². The molecule has 1 aromatic rings. The summed E-state index contributed by atoms with van der Waals surface area (Å²) in [5.41, 5.74) is -0.104. The van der Waals surface area contributed by atoms with E-state index in [0.29, 0.717) is 11.4 Å². The molecule has 0 fully saturated rings. The van der Waals surface area contributed by atoms with Crippen LogP contribution in [0.4, 0.5) is 5.82 Å². The number of nitriles is 1. The van der Waals surface area contributed by atoms with Crippen LogP contribution in [0.15, 0.2) is 6.20 Å². The highest BCUT2D eigenvalue weighted by molar-refractivity contribution is 5.94. The molecule has 80 valence electrons. The highest BCUT2D eigenvalue weighted by Crippen LogP contribution is 2.22. The summed E-state index contributed by atoms with van der Waals surface area (Å²) in [5, 5.41) is 17.6. The Morgan fingerprint density at radius 2 is 2.40 bits per heavy atom. The number of rotatable bonds is 3. The van der Waals surface area contributed by atoms with Gasteiger partial charge in [0.2, 0.25) is 5.91 Å². The van der Waals surface area contributed by atoms with Gasteiger partial charge in [-0.15, -0.1) is 0 Å². The maximum absolute atomic E-state index is 11.8. The number of hydrogen-bond acceptors (Lipinski definition) is 3. The molecule has 0 aliphatic heterocycles. The summed E-state index contributed by atoms with van der Waals surface area (Å²) >= 11 is 0. The van der Waals surface area contributed by atoms with Crippen LogP contribution in [0.25, 0.3) is 0 Å². The molecule has 1 heterocycles. The van der Waals surface area contributed by atoms with Gasteiger partial charge in [0.15, 0.2) is 0 Å². The number of carbonyl (C=O) groups is 1. The lowest BCUT2D eigenvalue weighted by Crippen LogP contribution is -2.30. The van der Waals surface area contributed by atoms with Gasteiger partial charge in [-0.2, -0.15) is 10.4 Å². The van der Waals surface area contributed by atoms with Crippen molar-refractivity contribution in [1.29, 1.82) is 5.26 Å². The first kappa shape index (κ1) is 11.2. The van der Waals surface area contributed by atoms with E-state index in [1.807, 2.05) is 26.8 Å². The third-order valence-corrected chi connectivity index (χ3v) is 2.50. The van der Waals surface area contributed by atoms with Gasteiger partial charge in [-0.3, -0.25) is 9.89 Å². The molecule has 0 bridgehead atoms. The molecular formula is C10H14N4O. The number of amides is 1.